The fourth-order valence-corrected chi connectivity index (χ4v) is 2.44. The number of nitrogen functional groups attached to an aromatic ring is 1. The number of aromatic nitrogens is 2. The van der Waals surface area contributed by atoms with Gasteiger partial charge in [0.25, 0.3) is 0 Å². The molecule has 5 heteroatoms. The number of ether oxygens (including phenoxy) is 1. The molecule has 0 saturated heterocycles. The molecule has 1 aliphatic carbocycles. The second-order valence-electron chi connectivity index (χ2n) is 4.89. The molecule has 0 aliphatic heterocycles. The molecule has 1 aromatic heterocycles. The molecule has 0 unspecified atom stereocenters. The topological polar surface area (TPSA) is 73.1 Å². The molecule has 2 aromatic rings. The Morgan fingerprint density at radius 3 is 3.00 bits per heavy atom. The first kappa shape index (κ1) is 12.2. The summed E-state index contributed by atoms with van der Waals surface area (Å²) in [6, 6.07) is 6.11. The highest BCUT2D eigenvalue weighted by Gasteiger charge is 2.29. The zero-order chi connectivity index (χ0) is 13.2. The van der Waals surface area contributed by atoms with Crippen LogP contribution in [0.25, 0.3) is 10.9 Å². The van der Waals surface area contributed by atoms with Crippen LogP contribution in [0.3, 0.4) is 0 Å². The highest BCUT2D eigenvalue weighted by Crippen LogP contribution is 2.29. The van der Waals surface area contributed by atoms with E-state index in [4.69, 9.17) is 10.5 Å². The van der Waals surface area contributed by atoms with Crippen molar-refractivity contribution in [3.8, 4) is 0 Å². The average molecular weight is 258 g/mol. The van der Waals surface area contributed by atoms with Crippen molar-refractivity contribution in [2.75, 3.05) is 17.7 Å². The Balaban J connectivity index is 1.76. The van der Waals surface area contributed by atoms with Crippen molar-refractivity contribution in [2.45, 2.75) is 31.9 Å². The van der Waals surface area contributed by atoms with Gasteiger partial charge in [0, 0.05) is 23.7 Å². The minimum absolute atomic E-state index is 0.390. The highest BCUT2D eigenvalue weighted by atomic mass is 16.5. The maximum atomic E-state index is 5.83. The van der Waals surface area contributed by atoms with E-state index in [-0.39, 0.29) is 0 Å². The first-order valence-electron chi connectivity index (χ1n) is 6.64. The molecule has 0 bridgehead atoms. The van der Waals surface area contributed by atoms with Gasteiger partial charge in [0.1, 0.15) is 12.1 Å². The van der Waals surface area contributed by atoms with Crippen LogP contribution in [-0.4, -0.2) is 28.7 Å². The number of nitrogens with two attached hydrogens (primary N) is 1. The van der Waals surface area contributed by atoms with E-state index in [0.717, 1.165) is 41.9 Å². The van der Waals surface area contributed by atoms with Gasteiger partial charge in [-0.2, -0.15) is 0 Å². The predicted molar refractivity (Wildman–Crippen MR) is 76.0 cm³/mol. The maximum absolute atomic E-state index is 5.83. The maximum Gasteiger partial charge on any atom is 0.137 e. The lowest BCUT2D eigenvalue weighted by Gasteiger charge is -2.35. The van der Waals surface area contributed by atoms with Crippen molar-refractivity contribution in [1.29, 1.82) is 0 Å². The third-order valence-electron chi connectivity index (χ3n) is 3.50. The van der Waals surface area contributed by atoms with Crippen molar-refractivity contribution in [3.05, 3.63) is 24.5 Å². The number of nitrogens with one attached hydrogen (secondary N) is 1. The molecule has 3 rings (SSSR count). The number of nitrogens with zero attached hydrogens (tertiary/aromatic N) is 2. The van der Waals surface area contributed by atoms with Gasteiger partial charge in [-0.05, 0) is 38.0 Å². The second-order valence-corrected chi connectivity index (χ2v) is 4.89. The van der Waals surface area contributed by atoms with Gasteiger partial charge in [-0.1, -0.05) is 0 Å². The Hall–Kier alpha value is -1.88. The molecule has 0 amide bonds. The number of benzene rings is 1. The second kappa shape index (κ2) is 5.01. The summed E-state index contributed by atoms with van der Waals surface area (Å²) in [5.74, 6) is 0.859. The summed E-state index contributed by atoms with van der Waals surface area (Å²) < 4.78 is 5.56. The number of fused-ring (bicyclic) bond motifs is 1. The summed E-state index contributed by atoms with van der Waals surface area (Å²) in [5.41, 5.74) is 7.47. The molecule has 5 nitrogen and oxygen atoms in total. The summed E-state index contributed by atoms with van der Waals surface area (Å²) in [6.07, 6.45) is 4.03. The van der Waals surface area contributed by atoms with Gasteiger partial charge in [-0.3, -0.25) is 0 Å². The van der Waals surface area contributed by atoms with Gasteiger partial charge in [0.05, 0.1) is 11.6 Å². The lowest BCUT2D eigenvalue weighted by Crippen LogP contribution is -2.41. The van der Waals surface area contributed by atoms with Gasteiger partial charge < -0.3 is 15.8 Å². The van der Waals surface area contributed by atoms with Gasteiger partial charge in [0.2, 0.25) is 0 Å². The first-order valence-corrected chi connectivity index (χ1v) is 6.64. The number of rotatable bonds is 4. The van der Waals surface area contributed by atoms with Crippen molar-refractivity contribution >= 4 is 22.4 Å². The van der Waals surface area contributed by atoms with Gasteiger partial charge in [-0.15, -0.1) is 0 Å². The van der Waals surface area contributed by atoms with Gasteiger partial charge in [0.15, 0.2) is 0 Å². The normalized spacial score (nSPS) is 22.2. The fraction of sp³-hybridized carbons (Fsp3) is 0.429. The predicted octanol–water partition coefficient (Wildman–Crippen LogP) is 2.19. The third-order valence-corrected chi connectivity index (χ3v) is 3.50. The monoisotopic (exact) mass is 258 g/mol. The van der Waals surface area contributed by atoms with E-state index in [1.807, 2.05) is 25.1 Å². The van der Waals surface area contributed by atoms with Crippen LogP contribution < -0.4 is 11.1 Å². The molecule has 1 heterocycles. The molecule has 100 valence electrons. The van der Waals surface area contributed by atoms with Crippen LogP contribution in [0.4, 0.5) is 11.5 Å². The number of anilines is 2. The van der Waals surface area contributed by atoms with E-state index in [1.54, 1.807) is 6.33 Å². The van der Waals surface area contributed by atoms with Crippen molar-refractivity contribution < 1.29 is 4.74 Å². The molecule has 0 spiro atoms. The van der Waals surface area contributed by atoms with E-state index in [9.17, 15) is 0 Å². The lowest BCUT2D eigenvalue weighted by molar-refractivity contribution is 0.00295. The molecule has 3 N–H and O–H groups in total. The molecular formula is C14H18N4O. The van der Waals surface area contributed by atoms with Gasteiger partial charge >= 0.3 is 0 Å². The van der Waals surface area contributed by atoms with Crippen LogP contribution in [0.2, 0.25) is 0 Å². The minimum atomic E-state index is 0.390. The van der Waals surface area contributed by atoms with Crippen LogP contribution in [-0.2, 0) is 4.74 Å². The Morgan fingerprint density at radius 2 is 2.21 bits per heavy atom. The highest BCUT2D eigenvalue weighted by molar-refractivity contribution is 5.91. The zero-order valence-corrected chi connectivity index (χ0v) is 11.0. The quantitative estimate of drug-likeness (QED) is 0.822. The number of hydrogen-bond acceptors (Lipinski definition) is 5. The average Bonchev–Trinajstić information content (AvgIpc) is 2.37. The van der Waals surface area contributed by atoms with Crippen LogP contribution >= 0.6 is 0 Å². The Morgan fingerprint density at radius 1 is 1.37 bits per heavy atom. The largest absolute Gasteiger partial charge is 0.399 e. The molecule has 0 radical (unpaired) electrons. The van der Waals surface area contributed by atoms with E-state index >= 15 is 0 Å². The first-order chi connectivity index (χ1) is 9.26. The molecular weight excluding hydrogens is 240 g/mol. The van der Waals surface area contributed by atoms with E-state index < -0.39 is 0 Å². The van der Waals surface area contributed by atoms with Crippen molar-refractivity contribution in [2.24, 2.45) is 0 Å². The van der Waals surface area contributed by atoms with Gasteiger partial charge in [-0.25, -0.2) is 9.97 Å². The Labute approximate surface area is 112 Å². The molecule has 1 saturated carbocycles. The Bertz CT molecular complexity index is 581. The van der Waals surface area contributed by atoms with Crippen LogP contribution in [0.1, 0.15) is 19.8 Å². The molecule has 1 aromatic carbocycles. The molecule has 1 fully saturated rings. The van der Waals surface area contributed by atoms with Crippen LogP contribution in [0, 0.1) is 0 Å². The minimum Gasteiger partial charge on any atom is -0.399 e. The fourth-order valence-electron chi connectivity index (χ4n) is 2.44. The third kappa shape index (κ3) is 2.46. The summed E-state index contributed by atoms with van der Waals surface area (Å²) in [5, 5.41) is 4.42. The van der Waals surface area contributed by atoms with Crippen LogP contribution in [0.15, 0.2) is 24.5 Å². The molecule has 0 atom stereocenters. The van der Waals surface area contributed by atoms with Crippen LogP contribution in [0.5, 0.6) is 0 Å². The SMILES string of the molecule is CCOC1CC(Nc2ncnc3ccc(N)cc23)C1. The van der Waals surface area contributed by atoms with E-state index in [1.165, 1.54) is 0 Å². The standard InChI is InChI=1S/C14H18N4O/c1-2-19-11-6-10(7-11)18-14-12-5-9(15)3-4-13(12)16-8-17-14/h3-5,8,10-11H,2,6-7,15H2,1H3,(H,16,17,18). The summed E-state index contributed by atoms with van der Waals surface area (Å²) in [4.78, 5) is 8.57. The van der Waals surface area contributed by atoms with Crippen molar-refractivity contribution in [3.63, 3.8) is 0 Å². The summed E-state index contributed by atoms with van der Waals surface area (Å²) >= 11 is 0. The van der Waals surface area contributed by atoms with Crippen molar-refractivity contribution in [1.82, 2.24) is 9.97 Å². The zero-order valence-electron chi connectivity index (χ0n) is 11.0. The van der Waals surface area contributed by atoms with E-state index in [2.05, 4.69) is 15.3 Å². The number of hydrogen-bond donors (Lipinski definition) is 2. The Kier molecular flexibility index (Phi) is 3.21. The lowest BCUT2D eigenvalue weighted by atomic mass is 9.89. The smallest absolute Gasteiger partial charge is 0.137 e. The molecule has 1 aliphatic rings. The summed E-state index contributed by atoms with van der Waals surface area (Å²) in [7, 11) is 0. The summed E-state index contributed by atoms with van der Waals surface area (Å²) in [6.45, 7) is 2.81. The molecule has 19 heavy (non-hydrogen) atoms. The van der Waals surface area contributed by atoms with E-state index in [0.29, 0.717) is 12.1 Å².